The van der Waals surface area contributed by atoms with E-state index in [1.807, 2.05) is 23.1 Å². The number of carbonyl (C=O) groups is 1. The number of piperidine rings is 1. The van der Waals surface area contributed by atoms with Crippen LogP contribution in [0.2, 0.25) is 0 Å². The lowest BCUT2D eigenvalue weighted by Gasteiger charge is -2.35. The molecule has 2 saturated heterocycles. The van der Waals surface area contributed by atoms with Gasteiger partial charge in [-0.15, -0.1) is 0 Å². The maximum atomic E-state index is 12.8. The monoisotopic (exact) mass is 396 g/mol. The molecule has 2 aromatic rings. The third-order valence-electron chi connectivity index (χ3n) is 5.57. The molecule has 0 spiro atoms. The second-order valence-corrected chi connectivity index (χ2v) is 7.82. The van der Waals surface area contributed by atoms with E-state index < -0.39 is 0 Å². The summed E-state index contributed by atoms with van der Waals surface area (Å²) in [6.45, 7) is 6.50. The van der Waals surface area contributed by atoms with Crippen molar-refractivity contribution in [3.63, 3.8) is 0 Å². The number of carbonyl (C=O) groups excluding carboxylic acids is 1. The van der Waals surface area contributed by atoms with Gasteiger partial charge in [0.2, 0.25) is 5.91 Å². The maximum Gasteiger partial charge on any atom is 0.236 e. The Kier molecular flexibility index (Phi) is 6.31. The van der Waals surface area contributed by atoms with E-state index in [4.69, 9.17) is 4.74 Å². The minimum absolute atomic E-state index is 0.182. The molecule has 0 radical (unpaired) electrons. The average molecular weight is 396 g/mol. The van der Waals surface area contributed by atoms with Gasteiger partial charge in [-0.1, -0.05) is 13.0 Å². The molecular weight excluding hydrogens is 368 g/mol. The molecule has 1 amide bonds. The third kappa shape index (κ3) is 5.27. The van der Waals surface area contributed by atoms with Crippen LogP contribution >= 0.6 is 0 Å². The van der Waals surface area contributed by atoms with Gasteiger partial charge in [0.1, 0.15) is 17.7 Å². The molecule has 8 nitrogen and oxygen atoms in total. The lowest BCUT2D eigenvalue weighted by Crippen LogP contribution is -2.48. The molecular formula is C21H28N6O2. The number of nitrogens with one attached hydrogen (secondary N) is 1. The molecule has 2 fully saturated rings. The number of hydrogen-bond donors (Lipinski definition) is 1. The largest absolute Gasteiger partial charge is 0.368 e. The quantitative estimate of drug-likeness (QED) is 0.830. The van der Waals surface area contributed by atoms with E-state index in [0.717, 1.165) is 24.7 Å². The van der Waals surface area contributed by atoms with E-state index in [9.17, 15) is 4.79 Å². The Morgan fingerprint density at radius 3 is 2.86 bits per heavy atom. The highest BCUT2D eigenvalue weighted by Gasteiger charge is 2.28. The van der Waals surface area contributed by atoms with Gasteiger partial charge in [0.25, 0.3) is 0 Å². The minimum Gasteiger partial charge on any atom is -0.368 e. The predicted octanol–water partition coefficient (Wildman–Crippen LogP) is 2.25. The number of ether oxygens (including phenoxy) is 1. The number of morpholine rings is 1. The highest BCUT2D eigenvalue weighted by Crippen LogP contribution is 2.23. The Bertz CT molecular complexity index is 810. The molecule has 0 aromatic carbocycles. The molecule has 2 aliphatic rings. The van der Waals surface area contributed by atoms with Crippen LogP contribution in [0.3, 0.4) is 0 Å². The van der Waals surface area contributed by atoms with Gasteiger partial charge in [0.05, 0.1) is 31.6 Å². The van der Waals surface area contributed by atoms with Crippen LogP contribution in [0.5, 0.6) is 0 Å². The van der Waals surface area contributed by atoms with E-state index >= 15 is 0 Å². The topological polar surface area (TPSA) is 83.5 Å². The highest BCUT2D eigenvalue weighted by molar-refractivity contribution is 5.78. The van der Waals surface area contributed by atoms with Gasteiger partial charge in [0.15, 0.2) is 0 Å². The fourth-order valence-electron chi connectivity index (χ4n) is 3.76. The fraction of sp³-hybridized carbons (Fsp3) is 0.524. The zero-order chi connectivity index (χ0) is 20.1. The number of rotatable bonds is 5. The number of pyridine rings is 1. The van der Waals surface area contributed by atoms with Crippen LogP contribution in [0.1, 0.15) is 31.6 Å². The number of hydrogen-bond acceptors (Lipinski definition) is 7. The SMILES string of the molecule is CC1CCN(CC(=O)N2CCO[C@@H](c3cccc(Nc4cnccn4)n3)C2)CC1. The van der Waals surface area contributed by atoms with Gasteiger partial charge in [-0.3, -0.25) is 14.7 Å². The van der Waals surface area contributed by atoms with Crippen LogP contribution in [0.25, 0.3) is 0 Å². The number of aromatic nitrogens is 3. The van der Waals surface area contributed by atoms with Gasteiger partial charge in [0, 0.05) is 18.9 Å². The van der Waals surface area contributed by atoms with Gasteiger partial charge in [-0.05, 0) is 44.0 Å². The van der Waals surface area contributed by atoms with E-state index in [2.05, 4.69) is 32.1 Å². The van der Waals surface area contributed by atoms with Crippen LogP contribution < -0.4 is 5.32 Å². The fourth-order valence-corrected chi connectivity index (χ4v) is 3.76. The molecule has 1 atom stereocenters. The molecule has 29 heavy (non-hydrogen) atoms. The summed E-state index contributed by atoms with van der Waals surface area (Å²) in [5, 5.41) is 3.15. The Labute approximate surface area is 171 Å². The summed E-state index contributed by atoms with van der Waals surface area (Å²) in [4.78, 5) is 29.9. The lowest BCUT2D eigenvalue weighted by molar-refractivity contribution is -0.140. The Morgan fingerprint density at radius 2 is 2.07 bits per heavy atom. The molecule has 0 unspecified atom stereocenters. The molecule has 2 aromatic heterocycles. The van der Waals surface area contributed by atoms with E-state index in [-0.39, 0.29) is 12.0 Å². The van der Waals surface area contributed by atoms with Gasteiger partial charge < -0.3 is 15.0 Å². The van der Waals surface area contributed by atoms with Crippen LogP contribution in [0.4, 0.5) is 11.6 Å². The first-order chi connectivity index (χ1) is 14.2. The summed E-state index contributed by atoms with van der Waals surface area (Å²) in [6.07, 6.45) is 7.03. The van der Waals surface area contributed by atoms with Crippen molar-refractivity contribution < 1.29 is 9.53 Å². The van der Waals surface area contributed by atoms with Crippen molar-refractivity contribution in [1.82, 2.24) is 24.8 Å². The van der Waals surface area contributed by atoms with E-state index in [1.165, 1.54) is 12.8 Å². The second kappa shape index (κ2) is 9.28. The average Bonchev–Trinajstić information content (AvgIpc) is 2.76. The highest BCUT2D eigenvalue weighted by atomic mass is 16.5. The van der Waals surface area contributed by atoms with Crippen molar-refractivity contribution in [1.29, 1.82) is 0 Å². The zero-order valence-electron chi connectivity index (χ0n) is 16.8. The van der Waals surface area contributed by atoms with Gasteiger partial charge >= 0.3 is 0 Å². The summed E-state index contributed by atoms with van der Waals surface area (Å²) in [6, 6.07) is 5.74. The van der Waals surface area contributed by atoms with Crippen LogP contribution in [0.15, 0.2) is 36.8 Å². The smallest absolute Gasteiger partial charge is 0.236 e. The standard InChI is InChI=1S/C21H28N6O2/c1-16-5-9-26(10-6-16)15-21(28)27-11-12-29-18(14-27)17-3-2-4-19(24-17)25-20-13-22-7-8-23-20/h2-4,7-8,13,16,18H,5-6,9-12,14-15H2,1H3,(H,23,24,25)/t18-/m1/s1. The summed E-state index contributed by atoms with van der Waals surface area (Å²) in [7, 11) is 0. The summed E-state index contributed by atoms with van der Waals surface area (Å²) in [5.74, 6) is 2.26. The normalized spacial score (nSPS) is 21.1. The lowest BCUT2D eigenvalue weighted by atomic mass is 9.99. The van der Waals surface area contributed by atoms with Crippen molar-refractivity contribution in [3.8, 4) is 0 Å². The molecule has 8 heteroatoms. The van der Waals surface area contributed by atoms with Crippen molar-refractivity contribution in [2.75, 3.05) is 44.6 Å². The summed E-state index contributed by atoms with van der Waals surface area (Å²) < 4.78 is 5.93. The number of nitrogens with zero attached hydrogens (tertiary/aromatic N) is 5. The van der Waals surface area contributed by atoms with Crippen molar-refractivity contribution in [3.05, 3.63) is 42.5 Å². The molecule has 154 valence electrons. The van der Waals surface area contributed by atoms with Gasteiger partial charge in [-0.2, -0.15) is 0 Å². The molecule has 0 saturated carbocycles. The molecule has 4 rings (SSSR count). The van der Waals surface area contributed by atoms with Gasteiger partial charge in [-0.25, -0.2) is 9.97 Å². The number of anilines is 2. The maximum absolute atomic E-state index is 12.8. The Balaban J connectivity index is 1.36. The first-order valence-corrected chi connectivity index (χ1v) is 10.3. The van der Waals surface area contributed by atoms with Crippen molar-refractivity contribution in [2.24, 2.45) is 5.92 Å². The van der Waals surface area contributed by atoms with Crippen LogP contribution in [0, 0.1) is 5.92 Å². The molecule has 0 bridgehead atoms. The third-order valence-corrected chi connectivity index (χ3v) is 5.57. The Morgan fingerprint density at radius 1 is 1.21 bits per heavy atom. The summed E-state index contributed by atoms with van der Waals surface area (Å²) >= 11 is 0. The number of likely N-dealkylation sites (tertiary alicyclic amines) is 1. The predicted molar refractivity (Wildman–Crippen MR) is 110 cm³/mol. The van der Waals surface area contributed by atoms with Crippen LogP contribution in [-0.2, 0) is 9.53 Å². The van der Waals surface area contributed by atoms with Crippen molar-refractivity contribution >= 4 is 17.5 Å². The first-order valence-electron chi connectivity index (χ1n) is 10.3. The minimum atomic E-state index is -0.224. The molecule has 1 N–H and O–H groups in total. The van der Waals surface area contributed by atoms with Crippen LogP contribution in [-0.4, -0.2) is 70.0 Å². The first kappa shape index (κ1) is 19.7. The van der Waals surface area contributed by atoms with E-state index in [1.54, 1.807) is 18.6 Å². The molecule has 2 aliphatic heterocycles. The Hall–Kier alpha value is -2.58. The number of amides is 1. The summed E-state index contributed by atoms with van der Waals surface area (Å²) in [5.41, 5.74) is 0.809. The second-order valence-electron chi connectivity index (χ2n) is 7.82. The van der Waals surface area contributed by atoms with Crippen molar-refractivity contribution in [2.45, 2.75) is 25.9 Å². The molecule has 4 heterocycles. The van der Waals surface area contributed by atoms with E-state index in [0.29, 0.717) is 37.9 Å². The molecule has 0 aliphatic carbocycles. The zero-order valence-corrected chi connectivity index (χ0v) is 16.8.